The third kappa shape index (κ3) is 11.2. The van der Waals surface area contributed by atoms with E-state index in [4.69, 9.17) is 4.74 Å². The number of nitrogens with one attached hydrogen (secondary N) is 3. The van der Waals surface area contributed by atoms with Crippen LogP contribution in [0.3, 0.4) is 0 Å². The molecule has 5 rings (SSSR count). The van der Waals surface area contributed by atoms with E-state index in [1.807, 2.05) is 72.5 Å². The normalized spacial score (nSPS) is 14.4. The van der Waals surface area contributed by atoms with Crippen LogP contribution in [0.25, 0.3) is 0 Å². The van der Waals surface area contributed by atoms with Crippen molar-refractivity contribution in [2.24, 2.45) is 0 Å². The molecule has 0 unspecified atom stereocenters. The fourth-order valence-electron chi connectivity index (χ4n) is 5.44. The van der Waals surface area contributed by atoms with Gasteiger partial charge in [-0.2, -0.15) is 0 Å². The Balaban J connectivity index is 1.23. The van der Waals surface area contributed by atoms with Gasteiger partial charge >= 0.3 is 12.1 Å². The predicted octanol–water partition coefficient (Wildman–Crippen LogP) is 6.10. The Morgan fingerprint density at radius 2 is 1.40 bits per heavy atom. The van der Waals surface area contributed by atoms with Crippen LogP contribution in [0, 0.1) is 0 Å². The van der Waals surface area contributed by atoms with Crippen LogP contribution >= 0.6 is 22.7 Å². The molecule has 1 saturated carbocycles. The smallest absolute Gasteiger partial charge is 0.407 e. The lowest BCUT2D eigenvalue weighted by Crippen LogP contribution is -2.53. The van der Waals surface area contributed by atoms with Crippen molar-refractivity contribution < 1.29 is 19.1 Å². The molecule has 0 bridgehead atoms. The quantitative estimate of drug-likeness (QED) is 0.124. The maximum absolute atomic E-state index is 13.7. The second-order valence-corrected chi connectivity index (χ2v) is 13.7. The summed E-state index contributed by atoms with van der Waals surface area (Å²) in [6.45, 7) is 2.55. The summed E-state index contributed by atoms with van der Waals surface area (Å²) in [4.78, 5) is 51.8. The number of hydrogen-bond donors (Lipinski definition) is 3. The van der Waals surface area contributed by atoms with Gasteiger partial charge in [-0.15, -0.1) is 22.7 Å². The van der Waals surface area contributed by atoms with Gasteiger partial charge in [0.05, 0.1) is 22.4 Å². The van der Waals surface area contributed by atoms with Crippen molar-refractivity contribution in [1.82, 2.24) is 30.8 Å². The Hall–Kier alpha value is -4.29. The molecule has 2 aromatic carbocycles. The van der Waals surface area contributed by atoms with Gasteiger partial charge in [0.1, 0.15) is 12.6 Å². The van der Waals surface area contributed by atoms with E-state index in [0.29, 0.717) is 38.6 Å². The number of ether oxygens (including phenoxy) is 1. The number of amides is 4. The zero-order chi connectivity index (χ0) is 32.8. The van der Waals surface area contributed by atoms with E-state index < -0.39 is 12.1 Å². The number of thiazole rings is 2. The van der Waals surface area contributed by atoms with Gasteiger partial charge in [0.25, 0.3) is 0 Å². The molecule has 1 fully saturated rings. The number of carbonyl (C=O) groups excluding carboxylic acids is 3. The molecule has 1 aliphatic rings. The largest absolute Gasteiger partial charge is 0.444 e. The topological polar surface area (TPSA) is 126 Å². The lowest BCUT2D eigenvalue weighted by atomic mass is 9.95. The Morgan fingerprint density at radius 1 is 0.830 bits per heavy atom. The lowest BCUT2D eigenvalue weighted by Gasteiger charge is -2.28. The highest BCUT2D eigenvalue weighted by atomic mass is 32.1. The summed E-state index contributed by atoms with van der Waals surface area (Å²) in [5.41, 5.74) is 5.66. The summed E-state index contributed by atoms with van der Waals surface area (Å²) in [5, 5.41) is 9.29. The van der Waals surface area contributed by atoms with Gasteiger partial charge in [-0.05, 0) is 56.1 Å². The Kier molecular flexibility index (Phi) is 12.7. The van der Waals surface area contributed by atoms with Crippen molar-refractivity contribution in [3.05, 3.63) is 105 Å². The monoisotopic (exact) mass is 674 g/mol. The average Bonchev–Trinajstić information content (AvgIpc) is 3.52. The van der Waals surface area contributed by atoms with Crippen molar-refractivity contribution in [3.63, 3.8) is 0 Å². The molecule has 10 nitrogen and oxygen atoms in total. The van der Waals surface area contributed by atoms with Crippen LogP contribution in [0.2, 0.25) is 0 Å². The average molecular weight is 675 g/mol. The van der Waals surface area contributed by atoms with Gasteiger partial charge < -0.3 is 25.6 Å². The summed E-state index contributed by atoms with van der Waals surface area (Å²) >= 11 is 2.95. The van der Waals surface area contributed by atoms with E-state index in [1.54, 1.807) is 23.4 Å². The van der Waals surface area contributed by atoms with Crippen LogP contribution in [0.5, 0.6) is 0 Å². The zero-order valence-electron chi connectivity index (χ0n) is 26.5. The molecular formula is C35H42N6O4S2. The summed E-state index contributed by atoms with van der Waals surface area (Å²) in [6.07, 6.45) is 7.81. The first-order chi connectivity index (χ1) is 23.0. The minimum Gasteiger partial charge on any atom is -0.444 e. The highest BCUT2D eigenvalue weighted by Gasteiger charge is 2.34. The van der Waals surface area contributed by atoms with Gasteiger partial charge in [0.2, 0.25) is 5.91 Å². The van der Waals surface area contributed by atoms with Crippen molar-refractivity contribution in [1.29, 1.82) is 0 Å². The molecule has 4 aromatic rings. The summed E-state index contributed by atoms with van der Waals surface area (Å²) in [6, 6.07) is 18.9. The molecule has 3 atom stereocenters. The standard InChI is InChI=1S/C35H42N6O4S2/c1-2-32(40-34(43)41(29-15-16-29)21-30-19-36-23-46-30)33(42)38-27(17-25-9-5-3-6-10-25)13-14-28(18-26-11-7-4-8-12-26)39-35(44)45-22-31-20-37-24-47-31/h3-12,19-20,23-24,27-29,32H,2,13-18,21-22H2,1H3,(H,38,42)(H,39,44)(H,40,43)/t27-,28-,32-/m0/s1. The van der Waals surface area contributed by atoms with Crippen LogP contribution in [-0.4, -0.2) is 57.1 Å². The third-order valence-corrected chi connectivity index (χ3v) is 9.61. The molecular weight excluding hydrogens is 633 g/mol. The van der Waals surface area contributed by atoms with Crippen molar-refractivity contribution >= 4 is 40.7 Å². The summed E-state index contributed by atoms with van der Waals surface area (Å²) in [5.74, 6) is -0.216. The van der Waals surface area contributed by atoms with Gasteiger partial charge in [-0.25, -0.2) is 9.59 Å². The molecule has 3 N–H and O–H groups in total. The van der Waals surface area contributed by atoms with Gasteiger partial charge in [0.15, 0.2) is 0 Å². The fraction of sp³-hybridized carbons (Fsp3) is 0.400. The fourth-order valence-corrected chi connectivity index (χ4v) is 6.53. The third-order valence-electron chi connectivity index (χ3n) is 8.09. The first kappa shape index (κ1) is 34.1. The number of hydrogen-bond acceptors (Lipinski definition) is 8. The maximum Gasteiger partial charge on any atom is 0.407 e. The molecule has 0 radical (unpaired) electrons. The van der Waals surface area contributed by atoms with E-state index in [1.165, 1.54) is 22.7 Å². The highest BCUT2D eigenvalue weighted by molar-refractivity contribution is 7.09. The Labute approximate surface area is 284 Å². The van der Waals surface area contributed by atoms with E-state index in [2.05, 4.69) is 25.9 Å². The Bertz CT molecular complexity index is 1520. The Morgan fingerprint density at radius 3 is 1.94 bits per heavy atom. The van der Waals surface area contributed by atoms with Gasteiger partial charge in [-0.3, -0.25) is 14.8 Å². The van der Waals surface area contributed by atoms with Crippen molar-refractivity contribution in [2.75, 3.05) is 0 Å². The van der Waals surface area contributed by atoms with E-state index in [9.17, 15) is 14.4 Å². The highest BCUT2D eigenvalue weighted by Crippen LogP contribution is 2.29. The number of benzene rings is 2. The summed E-state index contributed by atoms with van der Waals surface area (Å²) in [7, 11) is 0. The number of nitrogens with zero attached hydrogens (tertiary/aromatic N) is 3. The number of aromatic nitrogens is 2. The molecule has 4 amide bonds. The number of urea groups is 1. The predicted molar refractivity (Wildman–Crippen MR) is 184 cm³/mol. The first-order valence-corrected chi connectivity index (χ1v) is 17.9. The maximum atomic E-state index is 13.7. The van der Waals surface area contributed by atoms with Crippen LogP contribution in [0.4, 0.5) is 9.59 Å². The molecule has 0 saturated heterocycles. The molecule has 2 aromatic heterocycles. The van der Waals surface area contributed by atoms with Crippen LogP contribution < -0.4 is 16.0 Å². The molecule has 248 valence electrons. The SMILES string of the molecule is CC[C@H](NC(=O)N(Cc1cncs1)C1CC1)C(=O)N[C@@H](CC[C@@H](Cc1ccccc1)NC(=O)OCc1cncs1)Cc1ccccc1. The zero-order valence-corrected chi connectivity index (χ0v) is 28.2. The second-order valence-electron chi connectivity index (χ2n) is 11.8. The van der Waals surface area contributed by atoms with E-state index in [0.717, 1.165) is 33.7 Å². The number of carbonyl (C=O) groups is 3. The van der Waals surface area contributed by atoms with Crippen LogP contribution in [0.15, 0.2) is 84.1 Å². The minimum absolute atomic E-state index is 0.160. The van der Waals surface area contributed by atoms with E-state index >= 15 is 0 Å². The van der Waals surface area contributed by atoms with Gasteiger partial charge in [-0.1, -0.05) is 67.6 Å². The number of rotatable bonds is 17. The molecule has 0 aliphatic heterocycles. The first-order valence-electron chi connectivity index (χ1n) is 16.1. The van der Waals surface area contributed by atoms with Crippen molar-refractivity contribution in [2.45, 2.75) is 89.2 Å². The summed E-state index contributed by atoms with van der Waals surface area (Å²) < 4.78 is 5.48. The number of alkyl carbamates (subject to hydrolysis) is 1. The minimum atomic E-state index is -0.677. The molecule has 2 heterocycles. The van der Waals surface area contributed by atoms with E-state index in [-0.39, 0.29) is 36.7 Å². The van der Waals surface area contributed by atoms with Gasteiger partial charge in [0, 0.05) is 35.4 Å². The van der Waals surface area contributed by atoms with Crippen molar-refractivity contribution in [3.8, 4) is 0 Å². The second kappa shape index (κ2) is 17.6. The molecule has 1 aliphatic carbocycles. The van der Waals surface area contributed by atoms with Crippen LogP contribution in [0.1, 0.15) is 59.9 Å². The van der Waals surface area contributed by atoms with Crippen LogP contribution in [-0.2, 0) is 35.5 Å². The molecule has 47 heavy (non-hydrogen) atoms. The molecule has 12 heteroatoms. The molecule has 0 spiro atoms. The lowest BCUT2D eigenvalue weighted by molar-refractivity contribution is -0.123.